The molecule has 0 aliphatic heterocycles. The number of aromatic nitrogens is 2. The summed E-state index contributed by atoms with van der Waals surface area (Å²) in [6, 6.07) is 0. The Hall–Kier alpha value is -2.38. The lowest BCUT2D eigenvalue weighted by molar-refractivity contribution is -0.147. The molecule has 0 aromatic carbocycles. The first-order chi connectivity index (χ1) is 9.83. The van der Waals surface area contributed by atoms with Gasteiger partial charge < -0.3 is 19.9 Å². The van der Waals surface area contributed by atoms with Crippen LogP contribution in [-0.2, 0) is 4.79 Å². The van der Waals surface area contributed by atoms with Crippen LogP contribution in [0.25, 0.3) is 0 Å². The van der Waals surface area contributed by atoms with Gasteiger partial charge in [-0.25, -0.2) is 9.97 Å². The van der Waals surface area contributed by atoms with Gasteiger partial charge in [-0.05, 0) is 20.3 Å². The predicted molar refractivity (Wildman–Crippen MR) is 73.5 cm³/mol. The van der Waals surface area contributed by atoms with Crippen molar-refractivity contribution in [2.24, 2.45) is 5.41 Å². The van der Waals surface area contributed by atoms with Crippen molar-refractivity contribution in [2.45, 2.75) is 20.3 Å². The van der Waals surface area contributed by atoms with E-state index in [1.54, 1.807) is 13.8 Å². The highest BCUT2D eigenvalue weighted by Crippen LogP contribution is 2.23. The van der Waals surface area contributed by atoms with Crippen molar-refractivity contribution in [3.05, 3.63) is 11.9 Å². The number of carboxylic acids is 1. The molecule has 1 aromatic heterocycles. The van der Waals surface area contributed by atoms with Gasteiger partial charge in [0.2, 0.25) is 11.8 Å². The minimum absolute atomic E-state index is 0.0793. The van der Waals surface area contributed by atoms with Crippen molar-refractivity contribution in [2.75, 3.05) is 20.8 Å². The average molecular weight is 297 g/mol. The van der Waals surface area contributed by atoms with Crippen molar-refractivity contribution in [3.8, 4) is 11.8 Å². The molecular weight excluding hydrogens is 278 g/mol. The molecule has 1 amide bonds. The fraction of sp³-hybridized carbons (Fsp3) is 0.538. The minimum atomic E-state index is -0.922. The highest BCUT2D eigenvalue weighted by molar-refractivity contribution is 5.98. The summed E-state index contributed by atoms with van der Waals surface area (Å²) in [5.74, 6) is -1.21. The zero-order valence-corrected chi connectivity index (χ0v) is 12.5. The number of amides is 1. The molecule has 0 aliphatic carbocycles. The molecule has 8 heteroatoms. The summed E-state index contributed by atoms with van der Waals surface area (Å²) < 4.78 is 10.0. The molecule has 116 valence electrons. The van der Waals surface area contributed by atoms with Crippen LogP contribution < -0.4 is 14.8 Å². The van der Waals surface area contributed by atoms with Crippen molar-refractivity contribution >= 4 is 11.9 Å². The predicted octanol–water partition coefficient (Wildman–Crippen LogP) is 0.724. The Morgan fingerprint density at radius 3 is 2.19 bits per heavy atom. The summed E-state index contributed by atoms with van der Waals surface area (Å²) in [6.07, 6.45) is 1.51. The van der Waals surface area contributed by atoms with Gasteiger partial charge in [-0.15, -0.1) is 0 Å². The number of carboxylic acid groups (broad SMARTS) is 1. The van der Waals surface area contributed by atoms with Gasteiger partial charge in [-0.1, -0.05) is 0 Å². The van der Waals surface area contributed by atoms with Crippen molar-refractivity contribution < 1.29 is 24.2 Å². The molecule has 0 spiro atoms. The van der Waals surface area contributed by atoms with E-state index in [1.807, 2.05) is 0 Å². The maximum atomic E-state index is 12.2. The first-order valence-corrected chi connectivity index (χ1v) is 6.28. The van der Waals surface area contributed by atoms with E-state index in [0.717, 1.165) is 0 Å². The second-order valence-corrected chi connectivity index (χ2v) is 4.96. The topological polar surface area (TPSA) is 111 Å². The van der Waals surface area contributed by atoms with E-state index < -0.39 is 17.3 Å². The van der Waals surface area contributed by atoms with Gasteiger partial charge in [0, 0.05) is 6.54 Å². The summed E-state index contributed by atoms with van der Waals surface area (Å²) in [4.78, 5) is 30.8. The molecule has 0 saturated heterocycles. The van der Waals surface area contributed by atoms with Crippen LogP contribution >= 0.6 is 0 Å². The second kappa shape index (κ2) is 6.87. The zero-order chi connectivity index (χ0) is 16.0. The molecule has 0 fully saturated rings. The second-order valence-electron chi connectivity index (χ2n) is 4.96. The Morgan fingerprint density at radius 1 is 1.24 bits per heavy atom. The normalized spacial score (nSPS) is 10.9. The monoisotopic (exact) mass is 297 g/mol. The third kappa shape index (κ3) is 4.04. The van der Waals surface area contributed by atoms with E-state index in [1.165, 1.54) is 20.5 Å². The Balaban J connectivity index is 2.79. The molecule has 0 bridgehead atoms. The third-order valence-corrected chi connectivity index (χ3v) is 3.01. The minimum Gasteiger partial charge on any atom is -0.481 e. The highest BCUT2D eigenvalue weighted by atomic mass is 16.5. The molecule has 0 aliphatic rings. The molecule has 21 heavy (non-hydrogen) atoms. The first kappa shape index (κ1) is 16.7. The van der Waals surface area contributed by atoms with E-state index in [-0.39, 0.29) is 30.3 Å². The number of carbonyl (C=O) groups is 2. The van der Waals surface area contributed by atoms with Gasteiger partial charge >= 0.3 is 5.97 Å². The van der Waals surface area contributed by atoms with Gasteiger partial charge in [0.15, 0.2) is 5.56 Å². The Labute approximate surface area is 122 Å². The quantitative estimate of drug-likeness (QED) is 0.763. The fourth-order valence-electron chi connectivity index (χ4n) is 1.54. The number of carbonyl (C=O) groups excluding carboxylic acids is 1. The molecule has 1 heterocycles. The van der Waals surface area contributed by atoms with Crippen LogP contribution in [0.15, 0.2) is 6.33 Å². The molecule has 0 saturated carbocycles. The van der Waals surface area contributed by atoms with Crippen molar-refractivity contribution in [1.82, 2.24) is 15.3 Å². The van der Waals surface area contributed by atoms with Crippen LogP contribution in [0, 0.1) is 5.41 Å². The smallest absolute Gasteiger partial charge is 0.309 e. The van der Waals surface area contributed by atoms with Crippen LogP contribution in [0.5, 0.6) is 11.8 Å². The van der Waals surface area contributed by atoms with Gasteiger partial charge in [-0.3, -0.25) is 9.59 Å². The fourth-order valence-corrected chi connectivity index (χ4v) is 1.54. The molecule has 2 N–H and O–H groups in total. The molecule has 0 radical (unpaired) electrons. The zero-order valence-electron chi connectivity index (χ0n) is 12.5. The van der Waals surface area contributed by atoms with E-state index in [0.29, 0.717) is 0 Å². The number of aliphatic carboxylic acids is 1. The van der Waals surface area contributed by atoms with E-state index in [9.17, 15) is 9.59 Å². The standard InChI is InChI=1S/C13H19N3O5/c1-13(2,12(18)19)5-6-14-9(17)8-10(20-3)15-7-16-11(8)21-4/h7H,5-6H2,1-4H3,(H,14,17)(H,18,19). The number of nitrogens with zero attached hydrogens (tertiary/aromatic N) is 2. The van der Waals surface area contributed by atoms with Crippen LogP contribution in [0.2, 0.25) is 0 Å². The van der Waals surface area contributed by atoms with Gasteiger partial charge in [0.1, 0.15) is 6.33 Å². The van der Waals surface area contributed by atoms with E-state index >= 15 is 0 Å². The summed E-state index contributed by atoms with van der Waals surface area (Å²) in [7, 11) is 2.76. The summed E-state index contributed by atoms with van der Waals surface area (Å²) in [5, 5.41) is 11.6. The Bertz CT molecular complexity index is 508. The van der Waals surface area contributed by atoms with Gasteiger partial charge in [0.25, 0.3) is 5.91 Å². The highest BCUT2D eigenvalue weighted by Gasteiger charge is 2.27. The summed E-state index contributed by atoms with van der Waals surface area (Å²) in [5.41, 5.74) is -0.843. The number of hydrogen-bond acceptors (Lipinski definition) is 6. The van der Waals surface area contributed by atoms with Crippen molar-refractivity contribution in [3.63, 3.8) is 0 Å². The molecule has 1 rings (SSSR count). The Kier molecular flexibility index (Phi) is 5.45. The summed E-state index contributed by atoms with van der Waals surface area (Å²) in [6.45, 7) is 3.38. The van der Waals surface area contributed by atoms with E-state index in [4.69, 9.17) is 14.6 Å². The lowest BCUT2D eigenvalue weighted by atomic mass is 9.90. The summed E-state index contributed by atoms with van der Waals surface area (Å²) >= 11 is 0. The molecular formula is C13H19N3O5. The molecule has 1 aromatic rings. The molecule has 0 atom stereocenters. The molecule has 8 nitrogen and oxygen atoms in total. The first-order valence-electron chi connectivity index (χ1n) is 6.28. The lowest BCUT2D eigenvalue weighted by Gasteiger charge is -2.19. The van der Waals surface area contributed by atoms with Gasteiger partial charge in [-0.2, -0.15) is 0 Å². The number of rotatable bonds is 7. The number of nitrogens with one attached hydrogen (secondary N) is 1. The number of hydrogen-bond donors (Lipinski definition) is 2. The Morgan fingerprint density at radius 2 is 1.76 bits per heavy atom. The SMILES string of the molecule is COc1ncnc(OC)c1C(=O)NCCC(C)(C)C(=O)O. The van der Waals surface area contributed by atoms with Crippen LogP contribution in [-0.4, -0.2) is 47.7 Å². The van der Waals surface area contributed by atoms with Crippen LogP contribution in [0.1, 0.15) is 30.6 Å². The average Bonchev–Trinajstić information content (AvgIpc) is 2.45. The maximum Gasteiger partial charge on any atom is 0.309 e. The van der Waals surface area contributed by atoms with Crippen molar-refractivity contribution in [1.29, 1.82) is 0 Å². The largest absolute Gasteiger partial charge is 0.481 e. The van der Waals surface area contributed by atoms with E-state index in [2.05, 4.69) is 15.3 Å². The van der Waals surface area contributed by atoms with Gasteiger partial charge in [0.05, 0.1) is 19.6 Å². The van der Waals surface area contributed by atoms with Crippen LogP contribution in [0.4, 0.5) is 0 Å². The number of methoxy groups -OCH3 is 2. The van der Waals surface area contributed by atoms with Crippen LogP contribution in [0.3, 0.4) is 0 Å². The maximum absolute atomic E-state index is 12.2. The lowest BCUT2D eigenvalue weighted by Crippen LogP contribution is -2.32. The molecule has 0 unspecified atom stereocenters. The number of ether oxygens (including phenoxy) is 2. The third-order valence-electron chi connectivity index (χ3n) is 3.01.